The van der Waals surface area contributed by atoms with Crippen LogP contribution in [-0.4, -0.2) is 11.3 Å². The zero-order chi connectivity index (χ0) is 13.4. The van der Waals surface area contributed by atoms with E-state index in [4.69, 9.17) is 11.6 Å². The van der Waals surface area contributed by atoms with E-state index in [0.29, 0.717) is 0 Å². The molecule has 0 bridgehead atoms. The Morgan fingerprint density at radius 2 is 1.78 bits per heavy atom. The van der Waals surface area contributed by atoms with Crippen molar-refractivity contribution in [1.82, 2.24) is 0 Å². The summed E-state index contributed by atoms with van der Waals surface area (Å²) in [6.07, 6.45) is -3.01. The highest BCUT2D eigenvalue weighted by Gasteiger charge is 2.57. The van der Waals surface area contributed by atoms with Crippen LogP contribution in [0.4, 0.5) is 13.2 Å². The fourth-order valence-electron chi connectivity index (χ4n) is 1.70. The van der Waals surface area contributed by atoms with Crippen molar-refractivity contribution < 1.29 is 22.7 Å². The Morgan fingerprint density at radius 1 is 1.11 bits per heavy atom. The Bertz CT molecular complexity index is 537. The first kappa shape index (κ1) is 13.0. The molecule has 6 heteroatoms. The maximum Gasteiger partial charge on any atom is 0.425 e. The molecule has 0 fully saturated rings. The van der Waals surface area contributed by atoms with Gasteiger partial charge in [0.25, 0.3) is 0 Å². The van der Waals surface area contributed by atoms with Gasteiger partial charge in [0.2, 0.25) is 5.60 Å². The summed E-state index contributed by atoms with van der Waals surface area (Å²) in [4.78, 5) is 0. The SMILES string of the molecule is OC(c1ccoc1)(c1ccccc1Cl)C(F)(F)F. The van der Waals surface area contributed by atoms with E-state index in [1.807, 2.05) is 0 Å². The van der Waals surface area contributed by atoms with Gasteiger partial charge in [0.1, 0.15) is 0 Å². The normalized spacial score (nSPS) is 15.4. The fourth-order valence-corrected chi connectivity index (χ4v) is 1.97. The smallest absolute Gasteiger partial charge is 0.425 e. The highest BCUT2D eigenvalue weighted by molar-refractivity contribution is 6.31. The number of benzene rings is 1. The van der Waals surface area contributed by atoms with Crippen molar-refractivity contribution in [1.29, 1.82) is 0 Å². The molecule has 0 aliphatic heterocycles. The van der Waals surface area contributed by atoms with Gasteiger partial charge in [-0.15, -0.1) is 0 Å². The van der Waals surface area contributed by atoms with Gasteiger partial charge in [-0.25, -0.2) is 0 Å². The van der Waals surface area contributed by atoms with E-state index in [9.17, 15) is 18.3 Å². The molecule has 0 radical (unpaired) electrons. The Labute approximate surface area is 106 Å². The van der Waals surface area contributed by atoms with Crippen LogP contribution in [0.2, 0.25) is 5.02 Å². The van der Waals surface area contributed by atoms with E-state index >= 15 is 0 Å². The minimum atomic E-state index is -4.91. The molecular formula is C12H8ClF3O2. The lowest BCUT2D eigenvalue weighted by atomic mass is 9.87. The predicted molar refractivity (Wildman–Crippen MR) is 59.2 cm³/mol. The van der Waals surface area contributed by atoms with Crippen LogP contribution >= 0.6 is 11.6 Å². The summed E-state index contributed by atoms with van der Waals surface area (Å²) in [5, 5.41) is 9.92. The van der Waals surface area contributed by atoms with Gasteiger partial charge in [-0.2, -0.15) is 13.2 Å². The van der Waals surface area contributed by atoms with E-state index in [2.05, 4.69) is 4.42 Å². The van der Waals surface area contributed by atoms with Gasteiger partial charge in [-0.1, -0.05) is 29.8 Å². The number of rotatable bonds is 2. The zero-order valence-electron chi connectivity index (χ0n) is 8.91. The summed E-state index contributed by atoms with van der Waals surface area (Å²) in [7, 11) is 0. The topological polar surface area (TPSA) is 33.4 Å². The van der Waals surface area contributed by atoms with Crippen molar-refractivity contribution in [3.05, 3.63) is 59.0 Å². The fraction of sp³-hybridized carbons (Fsp3) is 0.167. The number of alkyl halides is 3. The van der Waals surface area contributed by atoms with Gasteiger partial charge in [-0.05, 0) is 12.1 Å². The number of aliphatic hydroxyl groups is 1. The molecule has 0 amide bonds. The summed E-state index contributed by atoms with van der Waals surface area (Å²) < 4.78 is 44.2. The number of hydrogen-bond acceptors (Lipinski definition) is 2. The van der Waals surface area contributed by atoms with Crippen molar-refractivity contribution in [2.75, 3.05) is 0 Å². The average molecular weight is 277 g/mol. The van der Waals surface area contributed by atoms with Gasteiger partial charge < -0.3 is 9.52 Å². The van der Waals surface area contributed by atoms with E-state index in [1.54, 1.807) is 0 Å². The summed E-state index contributed by atoms with van der Waals surface area (Å²) >= 11 is 5.74. The lowest BCUT2D eigenvalue weighted by Crippen LogP contribution is -2.43. The first-order valence-corrected chi connectivity index (χ1v) is 5.32. The third-order valence-electron chi connectivity index (χ3n) is 2.61. The van der Waals surface area contributed by atoms with Crippen LogP contribution in [0.3, 0.4) is 0 Å². The van der Waals surface area contributed by atoms with Crippen LogP contribution in [0.1, 0.15) is 11.1 Å². The molecule has 0 saturated heterocycles. The Balaban J connectivity index is 2.69. The highest BCUT2D eigenvalue weighted by Crippen LogP contribution is 2.46. The molecule has 18 heavy (non-hydrogen) atoms. The predicted octanol–water partition coefficient (Wildman–Crippen LogP) is 3.73. The highest BCUT2D eigenvalue weighted by atomic mass is 35.5. The zero-order valence-corrected chi connectivity index (χ0v) is 9.66. The van der Waals surface area contributed by atoms with Gasteiger partial charge >= 0.3 is 6.18 Å². The molecule has 1 heterocycles. The molecule has 1 aromatic heterocycles. The quantitative estimate of drug-likeness (QED) is 0.907. The van der Waals surface area contributed by atoms with Crippen molar-refractivity contribution in [3.63, 3.8) is 0 Å². The van der Waals surface area contributed by atoms with Crippen LogP contribution in [0.25, 0.3) is 0 Å². The minimum Gasteiger partial charge on any atom is -0.472 e. The minimum absolute atomic E-state index is 0.168. The molecule has 1 unspecified atom stereocenters. The summed E-state index contributed by atoms with van der Waals surface area (Å²) in [5.41, 5.74) is -4.03. The Kier molecular flexibility index (Phi) is 3.12. The van der Waals surface area contributed by atoms with Crippen molar-refractivity contribution in [2.24, 2.45) is 0 Å². The molecule has 2 rings (SSSR count). The van der Waals surface area contributed by atoms with Crippen molar-refractivity contribution in [2.45, 2.75) is 11.8 Å². The van der Waals surface area contributed by atoms with Crippen LogP contribution in [0.5, 0.6) is 0 Å². The molecule has 0 aliphatic rings. The number of halogens is 4. The molecule has 96 valence electrons. The average Bonchev–Trinajstić information content (AvgIpc) is 2.80. The number of furan rings is 1. The first-order chi connectivity index (χ1) is 8.37. The number of hydrogen-bond donors (Lipinski definition) is 1. The maximum atomic E-state index is 13.2. The molecule has 0 spiro atoms. The van der Waals surface area contributed by atoms with Crippen LogP contribution < -0.4 is 0 Å². The summed E-state index contributed by atoms with van der Waals surface area (Å²) in [5.74, 6) is 0. The van der Waals surface area contributed by atoms with Crippen molar-refractivity contribution >= 4 is 11.6 Å². The lowest BCUT2D eigenvalue weighted by Gasteiger charge is -2.30. The van der Waals surface area contributed by atoms with Gasteiger partial charge in [-0.3, -0.25) is 0 Å². The Hall–Kier alpha value is -1.46. The third kappa shape index (κ3) is 1.89. The molecular weight excluding hydrogens is 269 g/mol. The van der Waals surface area contributed by atoms with Crippen LogP contribution in [0, 0.1) is 0 Å². The van der Waals surface area contributed by atoms with Crippen LogP contribution in [0.15, 0.2) is 47.3 Å². The van der Waals surface area contributed by atoms with Crippen molar-refractivity contribution in [3.8, 4) is 0 Å². The molecule has 1 aromatic carbocycles. The second-order valence-corrected chi connectivity index (χ2v) is 4.11. The molecule has 2 aromatic rings. The van der Waals surface area contributed by atoms with Gasteiger partial charge in [0.05, 0.1) is 12.5 Å². The van der Waals surface area contributed by atoms with Gasteiger partial charge in [0.15, 0.2) is 0 Å². The van der Waals surface area contributed by atoms with Crippen LogP contribution in [-0.2, 0) is 5.60 Å². The summed E-state index contributed by atoms with van der Waals surface area (Å²) in [6, 6.07) is 6.32. The Morgan fingerprint density at radius 3 is 2.28 bits per heavy atom. The van der Waals surface area contributed by atoms with E-state index in [0.717, 1.165) is 24.7 Å². The first-order valence-electron chi connectivity index (χ1n) is 4.94. The van der Waals surface area contributed by atoms with Gasteiger partial charge in [0, 0.05) is 16.1 Å². The maximum absolute atomic E-state index is 13.2. The largest absolute Gasteiger partial charge is 0.472 e. The van der Waals surface area contributed by atoms with E-state index in [1.165, 1.54) is 18.2 Å². The summed E-state index contributed by atoms with van der Waals surface area (Å²) in [6.45, 7) is 0. The molecule has 0 saturated carbocycles. The molecule has 1 atom stereocenters. The van der Waals surface area contributed by atoms with E-state index in [-0.39, 0.29) is 5.02 Å². The second kappa shape index (κ2) is 4.33. The molecule has 0 aliphatic carbocycles. The monoisotopic (exact) mass is 276 g/mol. The third-order valence-corrected chi connectivity index (χ3v) is 2.94. The molecule has 2 nitrogen and oxygen atoms in total. The lowest BCUT2D eigenvalue weighted by molar-refractivity contribution is -0.248. The molecule has 1 N–H and O–H groups in total. The second-order valence-electron chi connectivity index (χ2n) is 3.70. The van der Waals surface area contributed by atoms with E-state index < -0.39 is 22.9 Å². The standard InChI is InChI=1S/C12H8ClF3O2/c13-10-4-2-1-3-9(10)11(17,12(14,15)16)8-5-6-18-7-8/h1-7,17H.